The Hall–Kier alpha value is -1.67. The number of nitrogens with two attached hydrogens (primary N) is 1. The van der Waals surface area contributed by atoms with Crippen LogP contribution in [0.3, 0.4) is 0 Å². The molecule has 3 rings (SSSR count). The lowest BCUT2D eigenvalue weighted by Gasteiger charge is -2.38. The Balaban J connectivity index is 2.04. The van der Waals surface area contributed by atoms with Crippen molar-refractivity contribution in [2.75, 3.05) is 13.2 Å². The van der Waals surface area contributed by atoms with Crippen LogP contribution in [-0.2, 0) is 10.3 Å². The van der Waals surface area contributed by atoms with Crippen LogP contribution in [0.25, 0.3) is 0 Å². The molecule has 0 aromatic heterocycles. The van der Waals surface area contributed by atoms with Gasteiger partial charge in [0.1, 0.15) is 0 Å². The van der Waals surface area contributed by atoms with Crippen LogP contribution in [-0.4, -0.2) is 47.5 Å². The molecule has 0 saturated carbocycles. The molecule has 0 spiro atoms. The molecule has 0 aliphatic carbocycles. The average Bonchev–Trinajstić information content (AvgIpc) is 3.06. The van der Waals surface area contributed by atoms with E-state index in [1.54, 1.807) is 6.07 Å². The van der Waals surface area contributed by atoms with Gasteiger partial charge in [-0.3, -0.25) is 4.79 Å². The van der Waals surface area contributed by atoms with Gasteiger partial charge in [0.15, 0.2) is 0 Å². The van der Waals surface area contributed by atoms with Crippen molar-refractivity contribution in [1.29, 1.82) is 0 Å². The number of carbonyl (C=O) groups excluding carboxylic acids is 1. The van der Waals surface area contributed by atoms with Crippen LogP contribution < -0.4 is 16.4 Å². The van der Waals surface area contributed by atoms with Crippen LogP contribution in [0.1, 0.15) is 43.7 Å². The molecule has 6 N–H and O–H groups in total. The van der Waals surface area contributed by atoms with Gasteiger partial charge in [-0.05, 0) is 54.2 Å². The van der Waals surface area contributed by atoms with Crippen LogP contribution in [0.15, 0.2) is 48.5 Å². The molecule has 0 bridgehead atoms. The monoisotopic (exact) mass is 493 g/mol. The second-order valence-corrected chi connectivity index (χ2v) is 10.1. The first-order valence-electron chi connectivity index (χ1n) is 11.3. The summed E-state index contributed by atoms with van der Waals surface area (Å²) in [5, 5.41) is 26.3. The first-order chi connectivity index (χ1) is 15.7. The van der Waals surface area contributed by atoms with Crippen molar-refractivity contribution in [3.05, 3.63) is 69.7 Å². The number of carbonyl (C=O) groups is 1. The van der Waals surface area contributed by atoms with Gasteiger partial charge in [0.05, 0.1) is 24.3 Å². The van der Waals surface area contributed by atoms with Crippen LogP contribution in [0.2, 0.25) is 10.0 Å². The van der Waals surface area contributed by atoms with Crippen molar-refractivity contribution in [2.24, 2.45) is 11.7 Å². The third-order valence-electron chi connectivity index (χ3n) is 6.33. The lowest BCUT2D eigenvalue weighted by molar-refractivity contribution is -0.123. The molecule has 2 aromatic carbocycles. The molecule has 1 aliphatic rings. The second-order valence-electron chi connectivity index (χ2n) is 9.22. The van der Waals surface area contributed by atoms with Crippen LogP contribution in [0, 0.1) is 5.92 Å². The van der Waals surface area contributed by atoms with Crippen LogP contribution >= 0.6 is 23.2 Å². The SMILES string of the molecule is CC(C)C[C@H]1N[C@@H](C(=O)NCC[C@H](O)CO)[C@H](c2cccc(Cl)c2)[C@@]1(N)c1ccc(Cl)cc1. The van der Waals surface area contributed by atoms with E-state index in [-0.39, 0.29) is 31.5 Å². The van der Waals surface area contributed by atoms with Gasteiger partial charge in [0, 0.05) is 28.5 Å². The Bertz CT molecular complexity index is 941. The van der Waals surface area contributed by atoms with E-state index in [9.17, 15) is 9.90 Å². The number of aliphatic hydroxyl groups excluding tert-OH is 2. The first kappa shape index (κ1) is 25.9. The van der Waals surface area contributed by atoms with Gasteiger partial charge in [-0.2, -0.15) is 0 Å². The van der Waals surface area contributed by atoms with Crippen molar-refractivity contribution >= 4 is 29.1 Å². The van der Waals surface area contributed by atoms with Gasteiger partial charge >= 0.3 is 0 Å². The summed E-state index contributed by atoms with van der Waals surface area (Å²) in [7, 11) is 0. The maximum absolute atomic E-state index is 13.4. The summed E-state index contributed by atoms with van der Waals surface area (Å²) in [5.74, 6) is -0.261. The van der Waals surface area contributed by atoms with Crippen molar-refractivity contribution in [2.45, 2.75) is 56.3 Å². The third kappa shape index (κ3) is 5.88. The minimum absolute atomic E-state index is 0.179. The number of hydrogen-bond donors (Lipinski definition) is 5. The van der Waals surface area contributed by atoms with Crippen molar-refractivity contribution < 1.29 is 15.0 Å². The predicted molar refractivity (Wildman–Crippen MR) is 132 cm³/mol. The van der Waals surface area contributed by atoms with Gasteiger partial charge in [0.2, 0.25) is 5.91 Å². The smallest absolute Gasteiger partial charge is 0.237 e. The summed E-state index contributed by atoms with van der Waals surface area (Å²) in [5.41, 5.74) is 8.14. The summed E-state index contributed by atoms with van der Waals surface area (Å²) in [6.45, 7) is 4.15. The van der Waals surface area contributed by atoms with Crippen LogP contribution in [0.5, 0.6) is 0 Å². The van der Waals surface area contributed by atoms with Gasteiger partial charge in [-0.1, -0.05) is 61.3 Å². The van der Waals surface area contributed by atoms with Crippen molar-refractivity contribution in [3.63, 3.8) is 0 Å². The average molecular weight is 494 g/mol. The molecule has 6 nitrogen and oxygen atoms in total. The zero-order chi connectivity index (χ0) is 24.2. The number of rotatable bonds is 9. The fourth-order valence-corrected chi connectivity index (χ4v) is 5.08. The highest BCUT2D eigenvalue weighted by Crippen LogP contribution is 2.47. The minimum Gasteiger partial charge on any atom is -0.394 e. The van der Waals surface area contributed by atoms with E-state index < -0.39 is 23.6 Å². The van der Waals surface area contributed by atoms with Gasteiger partial charge in [0.25, 0.3) is 0 Å². The Morgan fingerprint density at radius 2 is 1.88 bits per heavy atom. The minimum atomic E-state index is -0.897. The van der Waals surface area contributed by atoms with E-state index in [1.807, 2.05) is 42.5 Å². The summed E-state index contributed by atoms with van der Waals surface area (Å²) in [6, 6.07) is 14.2. The summed E-state index contributed by atoms with van der Waals surface area (Å²) >= 11 is 12.5. The standard InChI is InChI=1S/C25H33Cl2N3O3/c1-15(2)12-21-25(28,17-6-8-18(26)9-7-17)22(16-4-3-5-19(27)13-16)23(30-21)24(33)29-11-10-20(32)14-31/h3-9,13,15,20-23,30-32H,10-12,14,28H2,1-2H3,(H,29,33)/t20-,21+,22-,23+,25+/m0/s1. The molecule has 180 valence electrons. The molecular weight excluding hydrogens is 461 g/mol. The summed E-state index contributed by atoms with van der Waals surface area (Å²) in [6.07, 6.45) is 0.155. The number of hydrogen-bond acceptors (Lipinski definition) is 5. The topological polar surface area (TPSA) is 108 Å². The highest BCUT2D eigenvalue weighted by Gasteiger charge is 2.56. The maximum Gasteiger partial charge on any atom is 0.237 e. The number of aliphatic hydroxyl groups is 2. The molecule has 1 aliphatic heterocycles. The maximum atomic E-state index is 13.4. The normalized spacial score (nSPS) is 25.9. The van der Waals surface area contributed by atoms with Gasteiger partial charge in [-0.15, -0.1) is 0 Å². The van der Waals surface area contributed by atoms with Gasteiger partial charge in [-0.25, -0.2) is 0 Å². The third-order valence-corrected chi connectivity index (χ3v) is 6.82. The second kappa shape index (κ2) is 11.2. The highest BCUT2D eigenvalue weighted by molar-refractivity contribution is 6.30. The van der Waals surface area contributed by atoms with E-state index in [2.05, 4.69) is 24.5 Å². The van der Waals surface area contributed by atoms with E-state index in [1.165, 1.54) is 0 Å². The first-order valence-corrected chi connectivity index (χ1v) is 12.1. The fourth-order valence-electron chi connectivity index (χ4n) is 4.76. The molecule has 33 heavy (non-hydrogen) atoms. The lowest BCUT2D eigenvalue weighted by Crippen LogP contribution is -2.51. The zero-order valence-electron chi connectivity index (χ0n) is 19.0. The lowest BCUT2D eigenvalue weighted by atomic mass is 9.70. The summed E-state index contributed by atoms with van der Waals surface area (Å²) < 4.78 is 0. The molecule has 1 heterocycles. The molecule has 1 amide bonds. The Morgan fingerprint density at radius 1 is 1.18 bits per heavy atom. The predicted octanol–water partition coefficient (Wildman–Crippen LogP) is 3.18. The molecule has 0 unspecified atom stereocenters. The van der Waals surface area contributed by atoms with E-state index in [4.69, 9.17) is 34.0 Å². The molecule has 2 aromatic rings. The Morgan fingerprint density at radius 3 is 2.48 bits per heavy atom. The van der Waals surface area contributed by atoms with E-state index in [0.717, 1.165) is 17.5 Å². The molecule has 1 fully saturated rings. The highest BCUT2D eigenvalue weighted by atomic mass is 35.5. The van der Waals surface area contributed by atoms with Crippen molar-refractivity contribution in [1.82, 2.24) is 10.6 Å². The van der Waals surface area contributed by atoms with E-state index in [0.29, 0.717) is 16.0 Å². The summed E-state index contributed by atoms with van der Waals surface area (Å²) in [4.78, 5) is 13.4. The zero-order valence-corrected chi connectivity index (χ0v) is 20.5. The molecule has 8 heteroatoms. The Kier molecular flexibility index (Phi) is 8.78. The van der Waals surface area contributed by atoms with E-state index >= 15 is 0 Å². The molecule has 1 saturated heterocycles. The van der Waals surface area contributed by atoms with Gasteiger partial charge < -0.3 is 26.6 Å². The van der Waals surface area contributed by atoms with Crippen molar-refractivity contribution in [3.8, 4) is 0 Å². The quantitative estimate of drug-likeness (QED) is 0.368. The fraction of sp³-hybridized carbons (Fsp3) is 0.480. The number of benzene rings is 2. The number of amides is 1. The van der Waals surface area contributed by atoms with Crippen LogP contribution in [0.4, 0.5) is 0 Å². The molecular formula is C25H33Cl2N3O3. The number of nitrogens with one attached hydrogen (secondary N) is 2. The number of halogens is 2. The molecule has 0 radical (unpaired) electrons. The molecule has 5 atom stereocenters. The largest absolute Gasteiger partial charge is 0.394 e. The Labute approximate surface area is 205 Å².